The number of hydrogen-bond donors (Lipinski definition) is 1. The van der Waals surface area contributed by atoms with Crippen molar-refractivity contribution in [2.45, 2.75) is 25.7 Å². The molecule has 0 aliphatic heterocycles. The van der Waals surface area contributed by atoms with Crippen LogP contribution < -0.4 is 5.32 Å². The van der Waals surface area contributed by atoms with Gasteiger partial charge in [-0.15, -0.1) is 0 Å². The predicted octanol–water partition coefficient (Wildman–Crippen LogP) is 3.81. The van der Waals surface area contributed by atoms with Crippen molar-refractivity contribution in [2.75, 3.05) is 0 Å². The van der Waals surface area contributed by atoms with Crippen LogP contribution in [0.5, 0.6) is 0 Å². The van der Waals surface area contributed by atoms with Crippen molar-refractivity contribution in [1.82, 2.24) is 15.1 Å². The molecule has 140 valence electrons. The second-order valence-corrected chi connectivity index (χ2v) is 6.18. The molecule has 0 atom stereocenters. The highest BCUT2D eigenvalue weighted by Gasteiger charge is 2.30. The third kappa shape index (κ3) is 5.44. The normalized spacial score (nSPS) is 11.4. The fourth-order valence-corrected chi connectivity index (χ4v) is 2.73. The van der Waals surface area contributed by atoms with Gasteiger partial charge < -0.3 is 5.32 Å². The van der Waals surface area contributed by atoms with Gasteiger partial charge in [0.25, 0.3) is 0 Å². The minimum Gasteiger partial charge on any atom is -0.352 e. The number of aromatic nitrogens is 2. The van der Waals surface area contributed by atoms with Crippen LogP contribution in [-0.2, 0) is 30.5 Å². The van der Waals surface area contributed by atoms with Crippen molar-refractivity contribution in [3.05, 3.63) is 89.2 Å². The largest absolute Gasteiger partial charge is 0.416 e. The highest BCUT2D eigenvalue weighted by atomic mass is 19.4. The fraction of sp³-hybridized carbons (Fsp3) is 0.200. The Labute approximate surface area is 154 Å². The van der Waals surface area contributed by atoms with E-state index in [1.165, 1.54) is 12.1 Å². The van der Waals surface area contributed by atoms with E-state index in [0.717, 1.165) is 23.3 Å². The number of hydrogen-bond acceptors (Lipinski definition) is 2. The number of alkyl halides is 3. The van der Waals surface area contributed by atoms with Crippen LogP contribution in [0.25, 0.3) is 0 Å². The molecule has 4 nitrogen and oxygen atoms in total. The quantitative estimate of drug-likeness (QED) is 0.714. The SMILES string of the molecule is O=C(Cc1cccc(C(F)(F)F)c1)NCc1cccc(Cn2cccn2)c1. The Morgan fingerprint density at radius 1 is 1.00 bits per heavy atom. The third-order valence-electron chi connectivity index (χ3n) is 4.00. The lowest BCUT2D eigenvalue weighted by atomic mass is 10.1. The van der Waals surface area contributed by atoms with E-state index in [4.69, 9.17) is 0 Å². The molecule has 3 rings (SSSR count). The van der Waals surface area contributed by atoms with Crippen molar-refractivity contribution in [3.63, 3.8) is 0 Å². The maximum absolute atomic E-state index is 12.7. The Morgan fingerprint density at radius 2 is 1.74 bits per heavy atom. The third-order valence-corrected chi connectivity index (χ3v) is 4.00. The van der Waals surface area contributed by atoms with Gasteiger partial charge in [-0.1, -0.05) is 42.5 Å². The summed E-state index contributed by atoms with van der Waals surface area (Å²) in [5, 5.41) is 6.90. The van der Waals surface area contributed by atoms with E-state index in [9.17, 15) is 18.0 Å². The lowest BCUT2D eigenvalue weighted by molar-refractivity contribution is -0.137. The first-order valence-electron chi connectivity index (χ1n) is 8.38. The van der Waals surface area contributed by atoms with Gasteiger partial charge in [0.2, 0.25) is 5.91 Å². The Morgan fingerprint density at radius 3 is 2.48 bits per heavy atom. The van der Waals surface area contributed by atoms with E-state index in [1.807, 2.05) is 36.5 Å². The summed E-state index contributed by atoms with van der Waals surface area (Å²) in [6.07, 6.45) is -0.945. The van der Waals surface area contributed by atoms with Gasteiger partial charge >= 0.3 is 6.18 Å². The summed E-state index contributed by atoms with van der Waals surface area (Å²) < 4.78 is 40.0. The molecule has 0 aliphatic rings. The van der Waals surface area contributed by atoms with Crippen molar-refractivity contribution in [1.29, 1.82) is 0 Å². The van der Waals surface area contributed by atoms with Crippen LogP contribution in [0, 0.1) is 0 Å². The molecular formula is C20H18F3N3O. The number of nitrogens with one attached hydrogen (secondary N) is 1. The number of amides is 1. The molecule has 0 radical (unpaired) electrons. The molecule has 0 aliphatic carbocycles. The zero-order valence-electron chi connectivity index (χ0n) is 14.4. The lowest BCUT2D eigenvalue weighted by Gasteiger charge is -2.10. The van der Waals surface area contributed by atoms with E-state index in [-0.39, 0.29) is 12.3 Å². The summed E-state index contributed by atoms with van der Waals surface area (Å²) in [4.78, 5) is 12.1. The maximum atomic E-state index is 12.7. The lowest BCUT2D eigenvalue weighted by Crippen LogP contribution is -2.24. The average Bonchev–Trinajstić information content (AvgIpc) is 3.13. The molecule has 0 bridgehead atoms. The molecule has 1 amide bonds. The van der Waals surface area contributed by atoms with E-state index in [2.05, 4.69) is 10.4 Å². The molecule has 0 unspecified atom stereocenters. The summed E-state index contributed by atoms with van der Waals surface area (Å²) in [6.45, 7) is 0.934. The van der Waals surface area contributed by atoms with Crippen LogP contribution in [0.2, 0.25) is 0 Å². The van der Waals surface area contributed by atoms with E-state index >= 15 is 0 Å². The van der Waals surface area contributed by atoms with Crippen LogP contribution in [0.3, 0.4) is 0 Å². The zero-order chi connectivity index (χ0) is 19.3. The minimum absolute atomic E-state index is 0.100. The standard InChI is InChI=1S/C20H18F3N3O/c21-20(22,23)18-7-2-4-15(11-18)12-19(27)24-13-16-5-1-6-17(10-16)14-26-9-3-8-25-26/h1-11H,12-14H2,(H,24,27). The Hall–Kier alpha value is -3.09. The molecule has 3 aromatic rings. The molecule has 0 saturated heterocycles. The predicted molar refractivity (Wildman–Crippen MR) is 94.8 cm³/mol. The van der Waals surface area contributed by atoms with Crippen LogP contribution in [0.4, 0.5) is 13.2 Å². The minimum atomic E-state index is -4.42. The van der Waals surface area contributed by atoms with E-state index < -0.39 is 11.7 Å². The first-order chi connectivity index (χ1) is 12.9. The Bertz CT molecular complexity index is 905. The number of carbonyl (C=O) groups is 1. The highest BCUT2D eigenvalue weighted by molar-refractivity contribution is 5.78. The number of carbonyl (C=O) groups excluding carboxylic acids is 1. The van der Waals surface area contributed by atoms with Gasteiger partial charge in [-0.2, -0.15) is 18.3 Å². The molecule has 1 aromatic heterocycles. The number of halogens is 3. The van der Waals surface area contributed by atoms with Gasteiger partial charge in [0.15, 0.2) is 0 Å². The topological polar surface area (TPSA) is 46.9 Å². The second kappa shape index (κ2) is 8.07. The summed E-state index contributed by atoms with van der Waals surface area (Å²) in [6, 6.07) is 14.4. The molecule has 0 fully saturated rings. The van der Waals surface area contributed by atoms with E-state index in [0.29, 0.717) is 18.7 Å². The van der Waals surface area contributed by atoms with Gasteiger partial charge in [0.05, 0.1) is 18.5 Å². The van der Waals surface area contributed by atoms with Crippen molar-refractivity contribution < 1.29 is 18.0 Å². The zero-order valence-corrected chi connectivity index (χ0v) is 14.4. The van der Waals surface area contributed by atoms with Crippen LogP contribution >= 0.6 is 0 Å². The molecule has 2 aromatic carbocycles. The molecule has 0 spiro atoms. The summed E-state index contributed by atoms with van der Waals surface area (Å²) in [5.74, 6) is -0.327. The number of rotatable bonds is 6. The molecule has 7 heteroatoms. The van der Waals surface area contributed by atoms with Gasteiger partial charge in [0, 0.05) is 18.9 Å². The van der Waals surface area contributed by atoms with Gasteiger partial charge in [-0.05, 0) is 28.8 Å². The first-order valence-corrected chi connectivity index (χ1v) is 8.38. The van der Waals surface area contributed by atoms with E-state index in [1.54, 1.807) is 10.9 Å². The van der Waals surface area contributed by atoms with Crippen molar-refractivity contribution in [2.24, 2.45) is 0 Å². The maximum Gasteiger partial charge on any atom is 0.416 e. The second-order valence-electron chi connectivity index (χ2n) is 6.18. The van der Waals surface area contributed by atoms with Crippen molar-refractivity contribution >= 4 is 5.91 Å². The Balaban J connectivity index is 1.56. The average molecular weight is 373 g/mol. The monoisotopic (exact) mass is 373 g/mol. The van der Waals surface area contributed by atoms with Crippen LogP contribution in [-0.4, -0.2) is 15.7 Å². The van der Waals surface area contributed by atoms with Gasteiger partial charge in [-0.3, -0.25) is 9.48 Å². The smallest absolute Gasteiger partial charge is 0.352 e. The molecule has 1 N–H and O–H groups in total. The van der Waals surface area contributed by atoms with Gasteiger partial charge in [-0.25, -0.2) is 0 Å². The molecule has 0 saturated carbocycles. The summed E-state index contributed by atoms with van der Waals surface area (Å²) in [5.41, 5.74) is 1.54. The number of benzene rings is 2. The fourth-order valence-electron chi connectivity index (χ4n) is 2.73. The number of nitrogens with zero attached hydrogens (tertiary/aromatic N) is 2. The summed E-state index contributed by atoms with van der Waals surface area (Å²) in [7, 11) is 0. The van der Waals surface area contributed by atoms with Gasteiger partial charge in [0.1, 0.15) is 0 Å². The Kier molecular flexibility index (Phi) is 5.59. The van der Waals surface area contributed by atoms with Crippen LogP contribution in [0.15, 0.2) is 67.0 Å². The molecular weight excluding hydrogens is 355 g/mol. The van der Waals surface area contributed by atoms with Crippen molar-refractivity contribution in [3.8, 4) is 0 Å². The summed E-state index contributed by atoms with van der Waals surface area (Å²) >= 11 is 0. The highest BCUT2D eigenvalue weighted by Crippen LogP contribution is 2.29. The molecule has 27 heavy (non-hydrogen) atoms. The first kappa shape index (κ1) is 18.7. The molecule has 1 heterocycles. The van der Waals surface area contributed by atoms with Crippen LogP contribution in [0.1, 0.15) is 22.3 Å².